The number of amides is 1. The maximum Gasteiger partial charge on any atom is 0.404 e. The lowest BCUT2D eigenvalue weighted by Crippen LogP contribution is -2.22. The number of hydrogen-bond acceptors (Lipinski definition) is 5. The van der Waals surface area contributed by atoms with Crippen molar-refractivity contribution in [1.29, 1.82) is 0 Å². The van der Waals surface area contributed by atoms with Crippen molar-refractivity contribution in [2.75, 3.05) is 11.9 Å². The summed E-state index contributed by atoms with van der Waals surface area (Å²) in [4.78, 5) is 19.5. The van der Waals surface area contributed by atoms with E-state index < -0.39 is 6.09 Å². The van der Waals surface area contributed by atoms with Crippen molar-refractivity contribution in [1.82, 2.24) is 29.6 Å². The minimum Gasteiger partial charge on any atom is -0.465 e. The van der Waals surface area contributed by atoms with E-state index in [0.717, 1.165) is 27.6 Å². The zero-order valence-electron chi connectivity index (χ0n) is 14.8. The smallest absolute Gasteiger partial charge is 0.404 e. The number of aromatic nitrogens is 5. The molecule has 0 bridgehead atoms. The van der Waals surface area contributed by atoms with Crippen LogP contribution in [0.4, 0.5) is 16.4 Å². The Morgan fingerprint density at radius 2 is 2.11 bits per heavy atom. The van der Waals surface area contributed by atoms with Crippen LogP contribution >= 0.6 is 0 Å². The van der Waals surface area contributed by atoms with E-state index in [2.05, 4.69) is 25.7 Å². The molecule has 4 aromatic rings. The van der Waals surface area contributed by atoms with Crippen LogP contribution in [0, 0.1) is 0 Å². The first-order chi connectivity index (χ1) is 13.1. The number of carboxylic acid groups (broad SMARTS) is 1. The molecular weight excluding hydrogens is 346 g/mol. The van der Waals surface area contributed by atoms with Gasteiger partial charge in [0.2, 0.25) is 5.95 Å². The van der Waals surface area contributed by atoms with Gasteiger partial charge in [-0.1, -0.05) is 0 Å². The van der Waals surface area contributed by atoms with Gasteiger partial charge in [-0.05, 0) is 30.7 Å². The highest BCUT2D eigenvalue weighted by molar-refractivity contribution is 5.83. The van der Waals surface area contributed by atoms with Gasteiger partial charge in [-0.2, -0.15) is 10.1 Å². The van der Waals surface area contributed by atoms with Crippen molar-refractivity contribution >= 4 is 39.7 Å². The van der Waals surface area contributed by atoms with Crippen molar-refractivity contribution in [3.63, 3.8) is 0 Å². The minimum atomic E-state index is -1.01. The number of rotatable bonds is 6. The quantitative estimate of drug-likeness (QED) is 0.453. The van der Waals surface area contributed by atoms with Crippen LogP contribution in [-0.4, -0.2) is 42.1 Å². The molecule has 1 aromatic carbocycles. The second kappa shape index (κ2) is 6.94. The minimum absolute atomic E-state index is 0.399. The lowest BCUT2D eigenvalue weighted by Gasteiger charge is -2.08. The van der Waals surface area contributed by atoms with E-state index in [0.29, 0.717) is 25.5 Å². The molecule has 3 aromatic heterocycles. The third-order valence-corrected chi connectivity index (χ3v) is 4.36. The van der Waals surface area contributed by atoms with E-state index in [-0.39, 0.29) is 0 Å². The number of nitrogens with one attached hydrogen (secondary N) is 2. The maximum atomic E-state index is 10.5. The predicted molar refractivity (Wildman–Crippen MR) is 102 cm³/mol. The Labute approximate surface area is 154 Å². The second-order valence-electron chi connectivity index (χ2n) is 6.23. The van der Waals surface area contributed by atoms with Crippen molar-refractivity contribution in [2.24, 2.45) is 7.05 Å². The zero-order valence-corrected chi connectivity index (χ0v) is 14.8. The number of carbonyl (C=O) groups is 1. The van der Waals surface area contributed by atoms with Crippen molar-refractivity contribution < 1.29 is 9.90 Å². The van der Waals surface area contributed by atoms with Gasteiger partial charge >= 0.3 is 6.09 Å². The Bertz CT molecular complexity index is 1120. The molecule has 0 fully saturated rings. The fraction of sp³-hybridized carbons (Fsp3) is 0.222. The molecular formula is C18H19N7O2. The monoisotopic (exact) mass is 365 g/mol. The standard InChI is InChI=1S/C18H19N7O2/c1-24-15-4-3-14(9-13(15)11-21-24)22-17-20-10-12-5-8-25(16(12)23-17)7-2-6-19-18(26)27/h3-5,8-11,19H,2,6-7H2,1H3,(H,26,27)(H,20,22,23). The highest BCUT2D eigenvalue weighted by atomic mass is 16.4. The van der Waals surface area contributed by atoms with E-state index in [4.69, 9.17) is 5.11 Å². The molecule has 0 aliphatic carbocycles. The zero-order chi connectivity index (χ0) is 18.8. The first-order valence-electron chi connectivity index (χ1n) is 8.57. The van der Waals surface area contributed by atoms with E-state index in [1.165, 1.54) is 0 Å². The van der Waals surface area contributed by atoms with Crippen LogP contribution in [-0.2, 0) is 13.6 Å². The first-order valence-corrected chi connectivity index (χ1v) is 8.57. The van der Waals surface area contributed by atoms with Gasteiger partial charge in [0.25, 0.3) is 0 Å². The molecule has 0 radical (unpaired) electrons. The molecule has 4 rings (SSSR count). The summed E-state index contributed by atoms with van der Waals surface area (Å²) in [5.74, 6) is 0.509. The molecule has 0 spiro atoms. The van der Waals surface area contributed by atoms with Crippen LogP contribution in [0.2, 0.25) is 0 Å². The molecule has 0 aliphatic heterocycles. The van der Waals surface area contributed by atoms with Gasteiger partial charge in [-0.25, -0.2) is 9.78 Å². The van der Waals surface area contributed by atoms with Gasteiger partial charge in [-0.15, -0.1) is 0 Å². The van der Waals surface area contributed by atoms with Crippen molar-refractivity contribution in [2.45, 2.75) is 13.0 Å². The molecule has 9 nitrogen and oxygen atoms in total. The molecule has 138 valence electrons. The number of anilines is 2. The average Bonchev–Trinajstić information content (AvgIpc) is 3.22. The van der Waals surface area contributed by atoms with Gasteiger partial charge in [0.1, 0.15) is 5.65 Å². The fourth-order valence-electron chi connectivity index (χ4n) is 3.03. The fourth-order valence-corrected chi connectivity index (χ4v) is 3.03. The molecule has 0 unspecified atom stereocenters. The van der Waals surface area contributed by atoms with Gasteiger partial charge in [0.05, 0.1) is 11.7 Å². The molecule has 1 amide bonds. The molecule has 27 heavy (non-hydrogen) atoms. The molecule has 0 saturated heterocycles. The Hall–Kier alpha value is -3.62. The summed E-state index contributed by atoms with van der Waals surface area (Å²) < 4.78 is 3.82. The average molecular weight is 365 g/mol. The molecule has 0 saturated carbocycles. The van der Waals surface area contributed by atoms with Gasteiger partial charge in [0, 0.05) is 49.0 Å². The van der Waals surface area contributed by atoms with Crippen molar-refractivity contribution in [3.8, 4) is 0 Å². The summed E-state index contributed by atoms with van der Waals surface area (Å²) in [6.07, 6.45) is 5.21. The second-order valence-corrected chi connectivity index (χ2v) is 6.23. The van der Waals surface area contributed by atoms with Gasteiger partial charge in [-0.3, -0.25) is 4.68 Å². The van der Waals surface area contributed by atoms with Crippen LogP contribution in [0.25, 0.3) is 21.9 Å². The summed E-state index contributed by atoms with van der Waals surface area (Å²) in [5.41, 5.74) is 2.75. The summed E-state index contributed by atoms with van der Waals surface area (Å²) in [5, 5.41) is 20.5. The highest BCUT2D eigenvalue weighted by Gasteiger charge is 2.07. The largest absolute Gasteiger partial charge is 0.465 e. The first kappa shape index (κ1) is 16.8. The van der Waals surface area contributed by atoms with E-state index >= 15 is 0 Å². The maximum absolute atomic E-state index is 10.5. The van der Waals surface area contributed by atoms with Crippen LogP contribution in [0.3, 0.4) is 0 Å². The number of hydrogen-bond donors (Lipinski definition) is 3. The number of fused-ring (bicyclic) bond motifs is 2. The lowest BCUT2D eigenvalue weighted by molar-refractivity contribution is 0.194. The summed E-state index contributed by atoms with van der Waals surface area (Å²) in [6.45, 7) is 1.07. The SMILES string of the molecule is Cn1ncc2cc(Nc3ncc4ccn(CCCNC(=O)O)c4n3)ccc21. The molecule has 3 heterocycles. The Morgan fingerprint density at radius 3 is 2.96 bits per heavy atom. The van der Waals surface area contributed by atoms with E-state index in [1.54, 1.807) is 6.20 Å². The molecule has 0 aliphatic rings. The molecule has 9 heteroatoms. The number of nitrogens with zero attached hydrogens (tertiary/aromatic N) is 5. The Morgan fingerprint density at radius 1 is 1.22 bits per heavy atom. The lowest BCUT2D eigenvalue weighted by atomic mass is 10.2. The van der Waals surface area contributed by atoms with Crippen LogP contribution in [0.15, 0.2) is 42.9 Å². The third kappa shape index (κ3) is 3.52. The van der Waals surface area contributed by atoms with Crippen LogP contribution in [0.1, 0.15) is 6.42 Å². The summed E-state index contributed by atoms with van der Waals surface area (Å²) in [7, 11) is 1.91. The van der Waals surface area contributed by atoms with Crippen LogP contribution in [0.5, 0.6) is 0 Å². The number of aryl methyl sites for hydroxylation is 2. The Balaban J connectivity index is 1.52. The van der Waals surface area contributed by atoms with Gasteiger partial charge < -0.3 is 20.3 Å². The summed E-state index contributed by atoms with van der Waals surface area (Å²) >= 11 is 0. The normalized spacial score (nSPS) is 11.1. The summed E-state index contributed by atoms with van der Waals surface area (Å²) in [6, 6.07) is 7.92. The van der Waals surface area contributed by atoms with Gasteiger partial charge in [0.15, 0.2) is 0 Å². The van der Waals surface area contributed by atoms with Crippen molar-refractivity contribution in [3.05, 3.63) is 42.9 Å². The molecule has 0 atom stereocenters. The van der Waals surface area contributed by atoms with E-state index in [1.807, 2.05) is 53.0 Å². The topological polar surface area (TPSA) is 110 Å². The third-order valence-electron chi connectivity index (χ3n) is 4.36. The number of benzene rings is 1. The highest BCUT2D eigenvalue weighted by Crippen LogP contribution is 2.22. The van der Waals surface area contributed by atoms with Crippen LogP contribution < -0.4 is 10.6 Å². The predicted octanol–water partition coefficient (Wildman–Crippen LogP) is 2.72. The van der Waals surface area contributed by atoms with E-state index in [9.17, 15) is 4.79 Å². The molecule has 3 N–H and O–H groups in total. The Kier molecular flexibility index (Phi) is 4.33.